The summed E-state index contributed by atoms with van der Waals surface area (Å²) in [5.41, 5.74) is 0. The molecule has 0 rings (SSSR count). The third-order valence-corrected chi connectivity index (χ3v) is 4.96. The smallest absolute Gasteiger partial charge is 0.285 e. The lowest BCUT2D eigenvalue weighted by molar-refractivity contribution is -0.380. The molecule has 0 amide bonds. The van der Waals surface area contributed by atoms with Crippen molar-refractivity contribution in [2.24, 2.45) is 5.92 Å². The molecule has 0 aliphatic carbocycles. The summed E-state index contributed by atoms with van der Waals surface area (Å²) in [6.45, 7) is 2.26. The standard InChI is InChI=1S/C17H35IO3/c1-5-6-7-8-9-10-13-16(14-11-12-15-18)17(19-2,20-3)21-4/h16H,5-15H2,1-4H3. The molecule has 0 saturated carbocycles. The average Bonchev–Trinajstić information content (AvgIpc) is 2.52. The Morgan fingerprint density at radius 3 is 1.71 bits per heavy atom. The van der Waals surface area contributed by atoms with Gasteiger partial charge in [-0.3, -0.25) is 0 Å². The number of ether oxygens (including phenoxy) is 3. The highest BCUT2D eigenvalue weighted by Gasteiger charge is 2.39. The molecule has 0 saturated heterocycles. The molecule has 0 heterocycles. The van der Waals surface area contributed by atoms with E-state index in [9.17, 15) is 0 Å². The minimum atomic E-state index is -0.866. The average molecular weight is 414 g/mol. The second kappa shape index (κ2) is 14.2. The number of alkyl halides is 1. The van der Waals surface area contributed by atoms with Crippen LogP contribution < -0.4 is 0 Å². The molecule has 4 heteroatoms. The molecular weight excluding hydrogens is 379 g/mol. The fourth-order valence-corrected chi connectivity index (χ4v) is 3.44. The Morgan fingerprint density at radius 2 is 1.24 bits per heavy atom. The Kier molecular flexibility index (Phi) is 14.6. The third kappa shape index (κ3) is 8.72. The predicted molar refractivity (Wildman–Crippen MR) is 98.0 cm³/mol. The molecule has 0 aliphatic rings. The zero-order chi connectivity index (χ0) is 16.0. The number of unbranched alkanes of at least 4 members (excludes halogenated alkanes) is 6. The van der Waals surface area contributed by atoms with E-state index in [0.717, 1.165) is 12.8 Å². The van der Waals surface area contributed by atoms with Gasteiger partial charge in [0.05, 0.1) is 0 Å². The maximum atomic E-state index is 5.58. The van der Waals surface area contributed by atoms with Gasteiger partial charge < -0.3 is 14.2 Å². The highest BCUT2D eigenvalue weighted by molar-refractivity contribution is 14.1. The SMILES string of the molecule is CCCCCCCCC(CCCCI)C(OC)(OC)OC. The Morgan fingerprint density at radius 1 is 0.762 bits per heavy atom. The van der Waals surface area contributed by atoms with Crippen LogP contribution in [0.1, 0.15) is 71.1 Å². The first-order chi connectivity index (χ1) is 10.2. The highest BCUT2D eigenvalue weighted by atomic mass is 127. The van der Waals surface area contributed by atoms with Crippen LogP contribution in [0, 0.1) is 5.92 Å². The van der Waals surface area contributed by atoms with Crippen LogP contribution >= 0.6 is 22.6 Å². The molecule has 0 N–H and O–H groups in total. The summed E-state index contributed by atoms with van der Waals surface area (Å²) in [5.74, 6) is -0.555. The van der Waals surface area contributed by atoms with E-state index in [1.807, 2.05) is 0 Å². The summed E-state index contributed by atoms with van der Waals surface area (Å²) >= 11 is 2.44. The molecule has 21 heavy (non-hydrogen) atoms. The number of hydrogen-bond donors (Lipinski definition) is 0. The van der Waals surface area contributed by atoms with E-state index in [2.05, 4.69) is 29.5 Å². The molecule has 128 valence electrons. The van der Waals surface area contributed by atoms with Gasteiger partial charge in [-0.1, -0.05) is 74.5 Å². The van der Waals surface area contributed by atoms with Crippen molar-refractivity contribution in [3.8, 4) is 0 Å². The number of halogens is 1. The van der Waals surface area contributed by atoms with Crippen molar-refractivity contribution in [1.82, 2.24) is 0 Å². The fraction of sp³-hybridized carbons (Fsp3) is 1.00. The van der Waals surface area contributed by atoms with Gasteiger partial charge in [0.15, 0.2) is 0 Å². The second-order valence-electron chi connectivity index (χ2n) is 5.65. The molecule has 0 aromatic heterocycles. The second-order valence-corrected chi connectivity index (χ2v) is 6.73. The summed E-state index contributed by atoms with van der Waals surface area (Å²) in [7, 11) is 5.04. The topological polar surface area (TPSA) is 27.7 Å². The van der Waals surface area contributed by atoms with Crippen LogP contribution in [-0.2, 0) is 14.2 Å². The largest absolute Gasteiger partial charge is 0.331 e. The van der Waals surface area contributed by atoms with E-state index in [-0.39, 0.29) is 0 Å². The lowest BCUT2D eigenvalue weighted by atomic mass is 9.92. The van der Waals surface area contributed by atoms with Gasteiger partial charge in [-0.05, 0) is 23.7 Å². The van der Waals surface area contributed by atoms with Gasteiger partial charge in [0.25, 0.3) is 5.97 Å². The third-order valence-electron chi connectivity index (χ3n) is 4.20. The minimum Gasteiger partial charge on any atom is -0.331 e. The van der Waals surface area contributed by atoms with Gasteiger partial charge in [-0.25, -0.2) is 0 Å². The van der Waals surface area contributed by atoms with Crippen molar-refractivity contribution >= 4 is 22.6 Å². The normalized spacial score (nSPS) is 13.6. The minimum absolute atomic E-state index is 0.312. The van der Waals surface area contributed by atoms with Crippen molar-refractivity contribution in [2.45, 2.75) is 77.1 Å². The first-order valence-electron chi connectivity index (χ1n) is 8.42. The monoisotopic (exact) mass is 414 g/mol. The van der Waals surface area contributed by atoms with Crippen molar-refractivity contribution in [3.05, 3.63) is 0 Å². The molecule has 0 spiro atoms. The van der Waals surface area contributed by atoms with E-state index in [4.69, 9.17) is 14.2 Å². The zero-order valence-electron chi connectivity index (χ0n) is 14.5. The van der Waals surface area contributed by atoms with Gasteiger partial charge in [0.1, 0.15) is 0 Å². The molecule has 0 radical (unpaired) electrons. The number of hydrogen-bond acceptors (Lipinski definition) is 3. The maximum absolute atomic E-state index is 5.58. The quantitative estimate of drug-likeness (QED) is 0.152. The Balaban J connectivity index is 4.30. The van der Waals surface area contributed by atoms with Gasteiger partial charge >= 0.3 is 0 Å². The van der Waals surface area contributed by atoms with E-state index in [1.165, 1.54) is 55.8 Å². The van der Waals surface area contributed by atoms with Crippen molar-refractivity contribution in [2.75, 3.05) is 25.8 Å². The van der Waals surface area contributed by atoms with Crippen molar-refractivity contribution in [3.63, 3.8) is 0 Å². The molecular formula is C17H35IO3. The Labute approximate surface area is 145 Å². The van der Waals surface area contributed by atoms with E-state index in [0.29, 0.717) is 5.92 Å². The summed E-state index contributed by atoms with van der Waals surface area (Å²) in [4.78, 5) is 0. The van der Waals surface area contributed by atoms with Gasteiger partial charge in [0, 0.05) is 27.2 Å². The predicted octanol–water partition coefficient (Wildman–Crippen LogP) is 5.55. The summed E-state index contributed by atoms with van der Waals surface area (Å²) < 4.78 is 17.9. The lowest BCUT2D eigenvalue weighted by Gasteiger charge is -2.36. The highest BCUT2D eigenvalue weighted by Crippen LogP contribution is 2.32. The number of rotatable bonds is 15. The first-order valence-corrected chi connectivity index (χ1v) is 9.94. The molecule has 1 unspecified atom stereocenters. The Hall–Kier alpha value is 0.610. The first kappa shape index (κ1) is 21.6. The molecule has 0 bridgehead atoms. The van der Waals surface area contributed by atoms with Crippen molar-refractivity contribution < 1.29 is 14.2 Å². The molecule has 0 fully saturated rings. The van der Waals surface area contributed by atoms with Gasteiger partial charge in [0.2, 0.25) is 0 Å². The Bertz CT molecular complexity index is 212. The van der Waals surface area contributed by atoms with Crippen LogP contribution in [0.2, 0.25) is 0 Å². The molecule has 0 aromatic rings. The molecule has 3 nitrogen and oxygen atoms in total. The fourth-order valence-electron chi connectivity index (χ4n) is 2.90. The van der Waals surface area contributed by atoms with Crippen LogP contribution in [0.4, 0.5) is 0 Å². The van der Waals surface area contributed by atoms with E-state index in [1.54, 1.807) is 21.3 Å². The van der Waals surface area contributed by atoms with Crippen LogP contribution in [0.25, 0.3) is 0 Å². The summed E-state index contributed by atoms with van der Waals surface area (Å²) in [6.07, 6.45) is 12.6. The van der Waals surface area contributed by atoms with Crippen LogP contribution in [0.3, 0.4) is 0 Å². The summed E-state index contributed by atoms with van der Waals surface area (Å²) in [6, 6.07) is 0. The maximum Gasteiger partial charge on any atom is 0.285 e. The zero-order valence-corrected chi connectivity index (χ0v) is 16.6. The van der Waals surface area contributed by atoms with E-state index < -0.39 is 5.97 Å². The van der Waals surface area contributed by atoms with Crippen LogP contribution in [0.15, 0.2) is 0 Å². The summed E-state index contributed by atoms with van der Waals surface area (Å²) in [5, 5.41) is 0. The van der Waals surface area contributed by atoms with Crippen LogP contribution in [0.5, 0.6) is 0 Å². The van der Waals surface area contributed by atoms with Crippen LogP contribution in [-0.4, -0.2) is 31.7 Å². The molecule has 0 aliphatic heterocycles. The van der Waals surface area contributed by atoms with Gasteiger partial charge in [-0.15, -0.1) is 0 Å². The molecule has 0 aromatic carbocycles. The van der Waals surface area contributed by atoms with E-state index >= 15 is 0 Å². The number of methoxy groups -OCH3 is 3. The van der Waals surface area contributed by atoms with Crippen molar-refractivity contribution in [1.29, 1.82) is 0 Å². The lowest BCUT2D eigenvalue weighted by Crippen LogP contribution is -2.44. The molecule has 1 atom stereocenters. The van der Waals surface area contributed by atoms with Gasteiger partial charge in [-0.2, -0.15) is 0 Å².